The van der Waals surface area contributed by atoms with Gasteiger partial charge in [-0.1, -0.05) is 18.2 Å². The SMILES string of the molecule is NS(=O)(=O)c1ccc(Br)c(C(=O)N2CCC(C(=O)Nc3ccccc3)CC2)c1. The summed E-state index contributed by atoms with van der Waals surface area (Å²) in [6, 6.07) is 13.3. The lowest BCUT2D eigenvalue weighted by Gasteiger charge is -2.31. The summed E-state index contributed by atoms with van der Waals surface area (Å²) in [4.78, 5) is 26.8. The number of amides is 2. The molecule has 2 aromatic carbocycles. The Balaban J connectivity index is 1.65. The molecule has 1 saturated heterocycles. The number of para-hydroxylation sites is 1. The van der Waals surface area contributed by atoms with Gasteiger partial charge in [-0.2, -0.15) is 0 Å². The third-order valence-corrected chi connectivity index (χ3v) is 6.29. The summed E-state index contributed by atoms with van der Waals surface area (Å²) >= 11 is 3.29. The minimum absolute atomic E-state index is 0.0595. The van der Waals surface area contributed by atoms with Crippen LogP contribution in [-0.4, -0.2) is 38.2 Å². The summed E-state index contributed by atoms with van der Waals surface area (Å²) < 4.78 is 23.6. The number of hydrogen-bond donors (Lipinski definition) is 2. The standard InChI is InChI=1S/C19H20BrN3O4S/c20-17-7-6-15(28(21,26)27)12-16(17)19(25)23-10-8-13(9-11-23)18(24)22-14-4-2-1-3-5-14/h1-7,12-13H,8-11H2,(H,22,24)(H2,21,26,27). The van der Waals surface area contributed by atoms with Gasteiger partial charge in [0.05, 0.1) is 10.5 Å². The lowest BCUT2D eigenvalue weighted by molar-refractivity contribution is -0.121. The molecule has 1 fully saturated rings. The number of anilines is 1. The molecule has 28 heavy (non-hydrogen) atoms. The Morgan fingerprint density at radius 2 is 1.71 bits per heavy atom. The second kappa shape index (κ2) is 8.42. The molecule has 0 radical (unpaired) electrons. The molecule has 1 aliphatic heterocycles. The molecule has 0 aliphatic carbocycles. The number of sulfonamides is 1. The van der Waals surface area contributed by atoms with Crippen molar-refractivity contribution in [1.82, 2.24) is 4.90 Å². The zero-order valence-electron chi connectivity index (χ0n) is 15.0. The van der Waals surface area contributed by atoms with E-state index in [4.69, 9.17) is 5.14 Å². The zero-order valence-corrected chi connectivity index (χ0v) is 17.4. The predicted molar refractivity (Wildman–Crippen MR) is 109 cm³/mol. The number of primary sulfonamides is 1. The molecule has 3 rings (SSSR count). The van der Waals surface area contributed by atoms with Gasteiger partial charge in [-0.05, 0) is 59.1 Å². The molecule has 0 unspecified atom stereocenters. The van der Waals surface area contributed by atoms with Crippen molar-refractivity contribution in [2.75, 3.05) is 18.4 Å². The van der Waals surface area contributed by atoms with Crippen molar-refractivity contribution in [2.24, 2.45) is 11.1 Å². The van der Waals surface area contributed by atoms with Crippen molar-refractivity contribution in [3.63, 3.8) is 0 Å². The molecular formula is C19H20BrN3O4S. The minimum atomic E-state index is -3.90. The van der Waals surface area contributed by atoms with Crippen LogP contribution in [0.2, 0.25) is 0 Å². The number of rotatable bonds is 4. The maximum Gasteiger partial charge on any atom is 0.255 e. The van der Waals surface area contributed by atoms with Crippen LogP contribution in [0.4, 0.5) is 5.69 Å². The third-order valence-electron chi connectivity index (χ3n) is 4.69. The van der Waals surface area contributed by atoms with E-state index >= 15 is 0 Å². The van der Waals surface area contributed by atoms with Crippen LogP contribution in [0.1, 0.15) is 23.2 Å². The zero-order chi connectivity index (χ0) is 20.3. The summed E-state index contributed by atoms with van der Waals surface area (Å²) in [5, 5.41) is 8.05. The van der Waals surface area contributed by atoms with Crippen molar-refractivity contribution >= 4 is 43.5 Å². The Hall–Kier alpha value is -2.23. The fraction of sp³-hybridized carbons (Fsp3) is 0.263. The largest absolute Gasteiger partial charge is 0.339 e. The van der Waals surface area contributed by atoms with E-state index in [1.165, 1.54) is 18.2 Å². The van der Waals surface area contributed by atoms with Crippen LogP contribution < -0.4 is 10.5 Å². The van der Waals surface area contributed by atoms with Gasteiger partial charge in [-0.3, -0.25) is 9.59 Å². The van der Waals surface area contributed by atoms with Crippen molar-refractivity contribution in [3.05, 3.63) is 58.6 Å². The van der Waals surface area contributed by atoms with Crippen molar-refractivity contribution in [2.45, 2.75) is 17.7 Å². The fourth-order valence-corrected chi connectivity index (χ4v) is 4.08. The Bertz CT molecular complexity index is 987. The van der Waals surface area contributed by atoms with Crippen molar-refractivity contribution in [1.29, 1.82) is 0 Å². The van der Waals surface area contributed by atoms with Crippen LogP contribution in [0.25, 0.3) is 0 Å². The van der Waals surface area contributed by atoms with Crippen molar-refractivity contribution in [3.8, 4) is 0 Å². The third kappa shape index (κ3) is 4.78. The van der Waals surface area contributed by atoms with Crippen molar-refractivity contribution < 1.29 is 18.0 Å². The van der Waals surface area contributed by atoms with Crippen LogP contribution in [0.3, 0.4) is 0 Å². The molecule has 7 nitrogen and oxygen atoms in total. The first-order chi connectivity index (χ1) is 13.3. The lowest BCUT2D eigenvalue weighted by Crippen LogP contribution is -2.41. The number of benzene rings is 2. The molecule has 148 valence electrons. The smallest absolute Gasteiger partial charge is 0.255 e. The molecule has 0 spiro atoms. The Morgan fingerprint density at radius 1 is 1.07 bits per heavy atom. The van der Waals surface area contributed by atoms with Gasteiger partial charge in [-0.15, -0.1) is 0 Å². The summed E-state index contributed by atoms with van der Waals surface area (Å²) in [6.45, 7) is 0.829. The molecular weight excluding hydrogens is 446 g/mol. The second-order valence-corrected chi connectivity index (χ2v) is 9.02. The molecule has 2 aromatic rings. The number of nitrogens with zero attached hydrogens (tertiary/aromatic N) is 1. The molecule has 9 heteroatoms. The molecule has 0 bridgehead atoms. The van der Waals surface area contributed by atoms with Crippen LogP contribution in [0, 0.1) is 5.92 Å². The first kappa shape index (κ1) is 20.5. The molecule has 0 aromatic heterocycles. The Kier molecular flexibility index (Phi) is 6.17. The van der Waals surface area contributed by atoms with Gasteiger partial charge in [-0.25, -0.2) is 13.6 Å². The Labute approximate surface area is 172 Å². The number of nitrogens with one attached hydrogen (secondary N) is 1. The number of likely N-dealkylation sites (tertiary alicyclic amines) is 1. The van der Waals surface area contributed by atoms with E-state index in [0.717, 1.165) is 5.69 Å². The summed E-state index contributed by atoms with van der Waals surface area (Å²) in [6.07, 6.45) is 1.08. The molecule has 2 amide bonds. The van der Waals surface area contributed by atoms with Gasteiger partial charge in [0, 0.05) is 29.2 Å². The topological polar surface area (TPSA) is 110 Å². The lowest BCUT2D eigenvalue weighted by atomic mass is 9.95. The summed E-state index contributed by atoms with van der Waals surface area (Å²) in [5.74, 6) is -0.529. The van der Waals surface area contributed by atoms with Gasteiger partial charge in [0.1, 0.15) is 0 Å². The first-order valence-electron chi connectivity index (χ1n) is 8.73. The molecule has 0 atom stereocenters. The normalized spacial score (nSPS) is 15.3. The first-order valence-corrected chi connectivity index (χ1v) is 11.1. The monoisotopic (exact) mass is 465 g/mol. The highest BCUT2D eigenvalue weighted by molar-refractivity contribution is 9.10. The van der Waals surface area contributed by atoms with E-state index < -0.39 is 10.0 Å². The van der Waals surface area contributed by atoms with Crippen LogP contribution in [0.5, 0.6) is 0 Å². The Morgan fingerprint density at radius 3 is 2.32 bits per heavy atom. The number of halogens is 1. The van der Waals surface area contributed by atoms with Gasteiger partial charge in [0.2, 0.25) is 15.9 Å². The van der Waals surface area contributed by atoms with Gasteiger partial charge in [0.15, 0.2) is 0 Å². The second-order valence-electron chi connectivity index (χ2n) is 6.61. The average Bonchev–Trinajstić information content (AvgIpc) is 2.68. The highest BCUT2D eigenvalue weighted by Crippen LogP contribution is 2.25. The number of carbonyl (C=O) groups excluding carboxylic acids is 2. The molecule has 3 N–H and O–H groups in total. The number of piperidine rings is 1. The van der Waals surface area contributed by atoms with Crippen LogP contribution >= 0.6 is 15.9 Å². The van der Waals surface area contributed by atoms with E-state index in [2.05, 4.69) is 21.2 Å². The van der Waals surface area contributed by atoms with Gasteiger partial charge < -0.3 is 10.2 Å². The van der Waals surface area contributed by atoms with E-state index in [0.29, 0.717) is 30.4 Å². The number of carbonyl (C=O) groups is 2. The van der Waals surface area contributed by atoms with Gasteiger partial charge in [0.25, 0.3) is 5.91 Å². The maximum absolute atomic E-state index is 12.8. The van der Waals surface area contributed by atoms with Crippen LogP contribution in [-0.2, 0) is 14.8 Å². The van der Waals surface area contributed by atoms with E-state index in [1.54, 1.807) is 4.90 Å². The molecule has 0 saturated carbocycles. The van der Waals surface area contributed by atoms with E-state index in [1.807, 2.05) is 30.3 Å². The van der Waals surface area contributed by atoms with Gasteiger partial charge >= 0.3 is 0 Å². The summed E-state index contributed by atoms with van der Waals surface area (Å²) in [5.41, 5.74) is 0.980. The van der Waals surface area contributed by atoms with Crippen LogP contribution in [0.15, 0.2) is 57.9 Å². The van der Waals surface area contributed by atoms with E-state index in [-0.39, 0.29) is 28.2 Å². The molecule has 1 aliphatic rings. The van der Waals surface area contributed by atoms with E-state index in [9.17, 15) is 18.0 Å². The quantitative estimate of drug-likeness (QED) is 0.722. The number of nitrogens with two attached hydrogens (primary N) is 1. The average molecular weight is 466 g/mol. The summed E-state index contributed by atoms with van der Waals surface area (Å²) in [7, 11) is -3.90. The number of hydrogen-bond acceptors (Lipinski definition) is 4. The predicted octanol–water partition coefficient (Wildman–Crippen LogP) is 2.59. The minimum Gasteiger partial charge on any atom is -0.339 e. The highest BCUT2D eigenvalue weighted by Gasteiger charge is 2.29. The highest BCUT2D eigenvalue weighted by atomic mass is 79.9. The molecule has 1 heterocycles. The fourth-order valence-electron chi connectivity index (χ4n) is 3.13. The maximum atomic E-state index is 12.8.